The molecular formula is C22H27ClN4O4S3. The Kier molecular flexibility index (Phi) is 7.80. The van der Waals surface area contributed by atoms with Crippen LogP contribution < -0.4 is 9.64 Å². The van der Waals surface area contributed by atoms with E-state index in [1.165, 1.54) is 21.7 Å². The van der Waals surface area contributed by atoms with Gasteiger partial charge < -0.3 is 9.64 Å². The molecule has 12 heteroatoms. The number of thiophene rings is 1. The Balaban J connectivity index is 1.69. The first kappa shape index (κ1) is 25.3. The fourth-order valence-corrected chi connectivity index (χ4v) is 8.20. The number of benzene rings is 1. The second-order valence-electron chi connectivity index (χ2n) is 8.31. The van der Waals surface area contributed by atoms with Gasteiger partial charge in [-0.25, -0.2) is 13.4 Å². The zero-order valence-electron chi connectivity index (χ0n) is 19.2. The minimum absolute atomic E-state index is 0.157. The minimum atomic E-state index is -3.84. The van der Waals surface area contributed by atoms with Gasteiger partial charge in [0.05, 0.1) is 21.7 Å². The molecule has 1 saturated heterocycles. The van der Waals surface area contributed by atoms with E-state index in [0.717, 1.165) is 28.0 Å². The van der Waals surface area contributed by atoms with Gasteiger partial charge in [0.25, 0.3) is 10.0 Å². The number of carbonyl (C=O) groups is 1. The van der Waals surface area contributed by atoms with E-state index in [1.807, 2.05) is 37.2 Å². The van der Waals surface area contributed by atoms with Crippen LogP contribution in [-0.2, 0) is 14.8 Å². The quantitative estimate of drug-likeness (QED) is 0.425. The standard InChI is InChI=1S/C22H27ClN4O4S3/c1-25(2)12-13-26(22-24-16-8-7-15(31-3)14-18(16)32-22)21(28)17-6-4-5-11-27(17)34(29,30)20-10-9-19(23)33-20/h7-10,14,17H,4-6,11-13H2,1-3H3. The Morgan fingerprint density at radius 2 is 2.00 bits per heavy atom. The number of hydrogen-bond donors (Lipinski definition) is 0. The molecule has 1 amide bonds. The summed E-state index contributed by atoms with van der Waals surface area (Å²) in [5.41, 5.74) is 0.768. The van der Waals surface area contributed by atoms with Crippen LogP contribution in [0.15, 0.2) is 34.5 Å². The zero-order valence-corrected chi connectivity index (χ0v) is 22.4. The maximum atomic E-state index is 13.9. The molecule has 0 saturated carbocycles. The predicted octanol–water partition coefficient (Wildman–Crippen LogP) is 4.16. The van der Waals surface area contributed by atoms with E-state index in [-0.39, 0.29) is 10.1 Å². The number of anilines is 1. The highest BCUT2D eigenvalue weighted by Gasteiger charge is 2.41. The molecule has 3 heterocycles. The lowest BCUT2D eigenvalue weighted by Gasteiger charge is -2.36. The fraction of sp³-hybridized carbons (Fsp3) is 0.455. The summed E-state index contributed by atoms with van der Waals surface area (Å²) in [7, 11) is 1.63. The van der Waals surface area contributed by atoms with E-state index >= 15 is 0 Å². The lowest BCUT2D eigenvalue weighted by Crippen LogP contribution is -2.53. The number of nitrogens with zero attached hydrogens (tertiary/aromatic N) is 4. The van der Waals surface area contributed by atoms with Crippen molar-refractivity contribution in [1.82, 2.24) is 14.2 Å². The molecule has 1 aromatic carbocycles. The van der Waals surface area contributed by atoms with Gasteiger partial charge in [0, 0.05) is 19.6 Å². The molecule has 1 aliphatic heterocycles. The molecule has 0 spiro atoms. The summed E-state index contributed by atoms with van der Waals surface area (Å²) in [5.74, 6) is 0.465. The van der Waals surface area contributed by atoms with Crippen LogP contribution in [0.4, 0.5) is 5.13 Å². The van der Waals surface area contributed by atoms with E-state index < -0.39 is 16.1 Å². The molecule has 1 aliphatic rings. The number of hydrogen-bond acceptors (Lipinski definition) is 8. The second kappa shape index (κ2) is 10.5. The minimum Gasteiger partial charge on any atom is -0.497 e. The van der Waals surface area contributed by atoms with Crippen molar-refractivity contribution >= 4 is 65.6 Å². The lowest BCUT2D eigenvalue weighted by atomic mass is 10.0. The largest absolute Gasteiger partial charge is 0.497 e. The van der Waals surface area contributed by atoms with Crippen LogP contribution >= 0.6 is 34.3 Å². The van der Waals surface area contributed by atoms with Crippen LogP contribution in [0.2, 0.25) is 4.34 Å². The van der Waals surface area contributed by atoms with Crippen molar-refractivity contribution in [2.75, 3.05) is 45.7 Å². The maximum absolute atomic E-state index is 13.9. The van der Waals surface area contributed by atoms with E-state index in [2.05, 4.69) is 0 Å². The number of ether oxygens (including phenoxy) is 1. The summed E-state index contributed by atoms with van der Waals surface area (Å²) >= 11 is 8.41. The molecule has 4 rings (SSSR count). The molecule has 34 heavy (non-hydrogen) atoms. The van der Waals surface area contributed by atoms with Crippen LogP contribution in [0.3, 0.4) is 0 Å². The van der Waals surface area contributed by atoms with Gasteiger partial charge in [-0.05, 0) is 57.3 Å². The van der Waals surface area contributed by atoms with Crippen molar-refractivity contribution in [3.63, 3.8) is 0 Å². The van der Waals surface area contributed by atoms with Gasteiger partial charge >= 0.3 is 0 Å². The van der Waals surface area contributed by atoms with Gasteiger partial charge in [0.2, 0.25) is 5.91 Å². The van der Waals surface area contributed by atoms with Crippen LogP contribution in [0.5, 0.6) is 5.75 Å². The molecule has 0 radical (unpaired) electrons. The lowest BCUT2D eigenvalue weighted by molar-refractivity contribution is -0.123. The average molecular weight is 543 g/mol. The Morgan fingerprint density at radius 1 is 1.21 bits per heavy atom. The summed E-state index contributed by atoms with van der Waals surface area (Å²) < 4.78 is 35.0. The van der Waals surface area contributed by atoms with Gasteiger partial charge in [-0.3, -0.25) is 9.69 Å². The number of halogens is 1. The molecule has 1 unspecified atom stereocenters. The van der Waals surface area contributed by atoms with E-state index in [4.69, 9.17) is 21.3 Å². The molecule has 2 aromatic heterocycles. The number of thiazole rings is 1. The number of likely N-dealkylation sites (N-methyl/N-ethyl adjacent to an activating group) is 1. The molecule has 8 nitrogen and oxygen atoms in total. The first-order valence-electron chi connectivity index (χ1n) is 10.9. The first-order valence-corrected chi connectivity index (χ1v) is 14.3. The summed E-state index contributed by atoms with van der Waals surface area (Å²) in [4.78, 5) is 22.2. The molecule has 0 N–H and O–H groups in total. The van der Waals surface area contributed by atoms with Gasteiger partial charge in [-0.1, -0.05) is 29.4 Å². The topological polar surface area (TPSA) is 83.1 Å². The third-order valence-corrected chi connectivity index (χ3v) is 10.4. The molecule has 1 fully saturated rings. The summed E-state index contributed by atoms with van der Waals surface area (Å²) in [5, 5.41) is 0.553. The van der Waals surface area contributed by atoms with Crippen LogP contribution in [0, 0.1) is 0 Å². The van der Waals surface area contributed by atoms with Crippen molar-refractivity contribution in [3.05, 3.63) is 34.7 Å². The van der Waals surface area contributed by atoms with Crippen LogP contribution in [0.1, 0.15) is 19.3 Å². The van der Waals surface area contributed by atoms with Gasteiger partial charge in [-0.2, -0.15) is 4.31 Å². The molecule has 1 atom stereocenters. The predicted molar refractivity (Wildman–Crippen MR) is 138 cm³/mol. The smallest absolute Gasteiger partial charge is 0.253 e. The van der Waals surface area contributed by atoms with E-state index in [1.54, 1.807) is 18.1 Å². The number of sulfonamides is 1. The zero-order chi connectivity index (χ0) is 24.5. The maximum Gasteiger partial charge on any atom is 0.253 e. The van der Waals surface area contributed by atoms with Crippen LogP contribution in [0.25, 0.3) is 10.2 Å². The summed E-state index contributed by atoms with van der Waals surface area (Å²) in [6.07, 6.45) is 1.96. The third kappa shape index (κ3) is 5.24. The molecule has 0 bridgehead atoms. The third-order valence-electron chi connectivity index (χ3n) is 5.70. The highest BCUT2D eigenvalue weighted by atomic mass is 35.5. The number of piperidine rings is 1. The fourth-order valence-electron chi connectivity index (χ4n) is 3.91. The highest BCUT2D eigenvalue weighted by molar-refractivity contribution is 7.91. The Hall–Kier alpha value is -1.76. The molecule has 184 valence electrons. The Morgan fingerprint density at radius 3 is 2.68 bits per heavy atom. The van der Waals surface area contributed by atoms with Crippen LogP contribution in [-0.4, -0.2) is 75.4 Å². The number of rotatable bonds is 8. The molecular weight excluding hydrogens is 516 g/mol. The van der Waals surface area contributed by atoms with Gasteiger partial charge in [0.1, 0.15) is 16.0 Å². The van der Waals surface area contributed by atoms with Gasteiger partial charge in [-0.15, -0.1) is 11.3 Å². The summed E-state index contributed by atoms with van der Waals surface area (Å²) in [6.45, 7) is 1.32. The van der Waals surface area contributed by atoms with Crippen molar-refractivity contribution in [3.8, 4) is 5.75 Å². The number of methoxy groups -OCH3 is 1. The second-order valence-corrected chi connectivity index (χ2v) is 13.2. The van der Waals surface area contributed by atoms with Crippen molar-refractivity contribution in [2.24, 2.45) is 0 Å². The average Bonchev–Trinajstić information content (AvgIpc) is 3.44. The Bertz CT molecular complexity index is 1270. The monoisotopic (exact) mass is 542 g/mol. The summed E-state index contributed by atoms with van der Waals surface area (Å²) in [6, 6.07) is 7.87. The number of amides is 1. The first-order chi connectivity index (χ1) is 16.2. The SMILES string of the molecule is COc1ccc2nc(N(CCN(C)C)C(=O)C3CCCCN3S(=O)(=O)c3ccc(Cl)s3)sc2c1. The number of aromatic nitrogens is 1. The number of carbonyl (C=O) groups excluding carboxylic acids is 1. The Labute approximate surface area is 212 Å². The molecule has 3 aromatic rings. The van der Waals surface area contributed by atoms with Crippen molar-refractivity contribution < 1.29 is 17.9 Å². The van der Waals surface area contributed by atoms with E-state index in [0.29, 0.717) is 47.7 Å². The highest BCUT2D eigenvalue weighted by Crippen LogP contribution is 2.35. The normalized spacial score (nSPS) is 17.4. The number of fused-ring (bicyclic) bond motifs is 1. The van der Waals surface area contributed by atoms with Crippen molar-refractivity contribution in [1.29, 1.82) is 0 Å². The van der Waals surface area contributed by atoms with E-state index in [9.17, 15) is 13.2 Å². The molecule has 0 aliphatic carbocycles. The van der Waals surface area contributed by atoms with Crippen molar-refractivity contribution in [2.45, 2.75) is 29.5 Å². The van der Waals surface area contributed by atoms with Gasteiger partial charge in [0.15, 0.2) is 5.13 Å².